The van der Waals surface area contributed by atoms with E-state index in [0.717, 1.165) is 47.0 Å². The molecule has 1 aromatic carbocycles. The number of thiazole rings is 1. The zero-order valence-electron chi connectivity index (χ0n) is 13.8. The molecule has 3 heterocycles. The molecule has 2 aromatic rings. The average Bonchev–Trinajstić information content (AvgIpc) is 2.96. The molecule has 2 N–H and O–H groups in total. The molecule has 2 aliphatic carbocycles. The molecule has 4 aliphatic rings. The maximum Gasteiger partial charge on any atom is 0.324 e. The van der Waals surface area contributed by atoms with Crippen molar-refractivity contribution < 1.29 is 9.53 Å². The van der Waals surface area contributed by atoms with Gasteiger partial charge in [-0.25, -0.2) is 9.78 Å². The zero-order valence-corrected chi connectivity index (χ0v) is 14.6. The van der Waals surface area contributed by atoms with Crippen molar-refractivity contribution in [3.63, 3.8) is 0 Å². The minimum Gasteiger partial charge on any atom is -0.493 e. The Balaban J connectivity index is 1.35. The van der Waals surface area contributed by atoms with Crippen LogP contribution in [-0.2, 0) is 6.42 Å². The van der Waals surface area contributed by atoms with E-state index in [1.54, 1.807) is 11.3 Å². The number of ether oxygens (including phenoxy) is 1. The number of hydrogen-bond acceptors (Lipinski definition) is 5. The van der Waals surface area contributed by atoms with Gasteiger partial charge in [-0.3, -0.25) is 4.90 Å². The number of carbonyl (C=O) groups excluding carboxylic acids is 1. The van der Waals surface area contributed by atoms with Gasteiger partial charge >= 0.3 is 6.03 Å². The van der Waals surface area contributed by atoms with Crippen LogP contribution >= 0.6 is 11.3 Å². The van der Waals surface area contributed by atoms with Crippen LogP contribution < -0.4 is 20.3 Å². The Labute approximate surface area is 149 Å². The van der Waals surface area contributed by atoms with Crippen molar-refractivity contribution >= 4 is 32.7 Å². The number of rotatable bonds is 3. The van der Waals surface area contributed by atoms with Gasteiger partial charge < -0.3 is 15.4 Å². The predicted octanol–water partition coefficient (Wildman–Crippen LogP) is 2.41. The number of nitrogens with one attached hydrogen (secondary N) is 2. The summed E-state index contributed by atoms with van der Waals surface area (Å²) in [4.78, 5) is 19.4. The number of fused-ring (bicyclic) bond motifs is 4. The Kier molecular flexibility index (Phi) is 2.91. The van der Waals surface area contributed by atoms with Crippen LogP contribution in [0, 0.1) is 0 Å². The molecule has 6 nitrogen and oxygen atoms in total. The first-order valence-corrected chi connectivity index (χ1v) is 10.0. The van der Waals surface area contributed by atoms with Crippen LogP contribution in [0.5, 0.6) is 5.75 Å². The number of hydrogen-bond donors (Lipinski definition) is 2. The summed E-state index contributed by atoms with van der Waals surface area (Å²) in [5, 5.41) is 7.74. The van der Waals surface area contributed by atoms with Crippen LogP contribution in [0.3, 0.4) is 0 Å². The fourth-order valence-corrected chi connectivity index (χ4v) is 5.61. The monoisotopic (exact) mass is 356 g/mol. The Morgan fingerprint density at radius 2 is 2.20 bits per heavy atom. The number of nitrogens with zero attached hydrogens (tertiary/aromatic N) is 2. The van der Waals surface area contributed by atoms with E-state index >= 15 is 0 Å². The van der Waals surface area contributed by atoms with E-state index in [1.165, 1.54) is 18.4 Å². The topological polar surface area (TPSA) is 66.5 Å². The van der Waals surface area contributed by atoms with Crippen molar-refractivity contribution in [2.75, 3.05) is 11.5 Å². The zero-order chi connectivity index (χ0) is 16.5. The van der Waals surface area contributed by atoms with Crippen LogP contribution in [0.25, 0.3) is 10.2 Å². The van der Waals surface area contributed by atoms with Crippen molar-refractivity contribution in [1.29, 1.82) is 0 Å². The van der Waals surface area contributed by atoms with Crippen molar-refractivity contribution in [2.45, 2.75) is 56.3 Å². The van der Waals surface area contributed by atoms with Crippen LogP contribution in [0.1, 0.15) is 31.2 Å². The van der Waals surface area contributed by atoms with Crippen molar-refractivity contribution in [2.24, 2.45) is 0 Å². The summed E-state index contributed by atoms with van der Waals surface area (Å²) in [6.45, 7) is 0.727. The second kappa shape index (κ2) is 5.08. The van der Waals surface area contributed by atoms with E-state index in [9.17, 15) is 4.79 Å². The van der Waals surface area contributed by atoms with Gasteiger partial charge in [-0.05, 0) is 37.8 Å². The lowest BCUT2D eigenvalue weighted by Crippen LogP contribution is -2.46. The van der Waals surface area contributed by atoms with E-state index < -0.39 is 0 Å². The molecule has 0 unspecified atom stereocenters. The number of urea groups is 1. The van der Waals surface area contributed by atoms with Crippen LogP contribution in [-0.4, -0.2) is 41.8 Å². The van der Waals surface area contributed by atoms with Gasteiger partial charge in [-0.2, -0.15) is 0 Å². The van der Waals surface area contributed by atoms with E-state index in [-0.39, 0.29) is 18.1 Å². The largest absolute Gasteiger partial charge is 0.493 e. The van der Waals surface area contributed by atoms with Gasteiger partial charge in [0.05, 0.1) is 28.9 Å². The van der Waals surface area contributed by atoms with Gasteiger partial charge in [0.25, 0.3) is 0 Å². The SMILES string of the molecule is O=C1N[C@H]2[C@@H](NC3CC3)CC[C@H]2N1c1nc2c3c(ccc2s1)OCC3. The third kappa shape index (κ3) is 2.12. The lowest BCUT2D eigenvalue weighted by atomic mass is 10.1. The first kappa shape index (κ1) is 14.3. The number of amides is 2. The fraction of sp³-hybridized carbons (Fsp3) is 0.556. The summed E-state index contributed by atoms with van der Waals surface area (Å²) in [5.41, 5.74) is 2.20. The van der Waals surface area contributed by atoms with E-state index in [0.29, 0.717) is 12.1 Å². The third-order valence-corrected chi connectivity index (χ3v) is 6.94. The molecule has 130 valence electrons. The summed E-state index contributed by atoms with van der Waals surface area (Å²) in [5.74, 6) is 0.947. The van der Waals surface area contributed by atoms with Crippen molar-refractivity contribution in [3.8, 4) is 5.75 Å². The third-order valence-electron chi connectivity index (χ3n) is 5.92. The Hall–Kier alpha value is -1.86. The maximum absolute atomic E-state index is 12.7. The number of anilines is 1. The highest BCUT2D eigenvalue weighted by atomic mass is 32.1. The summed E-state index contributed by atoms with van der Waals surface area (Å²) >= 11 is 1.62. The molecular weight excluding hydrogens is 336 g/mol. The van der Waals surface area contributed by atoms with Crippen molar-refractivity contribution in [1.82, 2.24) is 15.6 Å². The molecule has 1 saturated heterocycles. The summed E-state index contributed by atoms with van der Waals surface area (Å²) < 4.78 is 6.79. The molecule has 2 amide bonds. The van der Waals surface area contributed by atoms with Gasteiger partial charge in [0.1, 0.15) is 5.75 Å². The second-order valence-corrected chi connectivity index (χ2v) is 8.53. The molecule has 7 heteroatoms. The lowest BCUT2D eigenvalue weighted by molar-refractivity contribution is 0.249. The Morgan fingerprint density at radius 3 is 3.08 bits per heavy atom. The Morgan fingerprint density at radius 1 is 1.28 bits per heavy atom. The normalized spacial score (nSPS) is 30.5. The number of carbonyl (C=O) groups is 1. The van der Waals surface area contributed by atoms with Gasteiger partial charge in [0.2, 0.25) is 0 Å². The van der Waals surface area contributed by atoms with Crippen molar-refractivity contribution in [3.05, 3.63) is 17.7 Å². The predicted molar refractivity (Wildman–Crippen MR) is 96.6 cm³/mol. The molecule has 0 spiro atoms. The first-order valence-electron chi connectivity index (χ1n) is 9.19. The van der Waals surface area contributed by atoms with Gasteiger partial charge in [-0.1, -0.05) is 11.3 Å². The van der Waals surface area contributed by atoms with Crippen LogP contribution in [0.2, 0.25) is 0 Å². The molecule has 1 aromatic heterocycles. The highest BCUT2D eigenvalue weighted by molar-refractivity contribution is 7.22. The van der Waals surface area contributed by atoms with Gasteiger partial charge in [0, 0.05) is 24.1 Å². The molecule has 0 radical (unpaired) electrons. The number of aromatic nitrogens is 1. The van der Waals surface area contributed by atoms with Gasteiger partial charge in [-0.15, -0.1) is 0 Å². The number of benzene rings is 1. The fourth-order valence-electron chi connectivity index (χ4n) is 4.56. The Bertz CT molecular complexity index is 877. The molecule has 25 heavy (non-hydrogen) atoms. The minimum absolute atomic E-state index is 0.00393. The molecule has 0 bridgehead atoms. The second-order valence-electron chi connectivity index (χ2n) is 7.52. The highest BCUT2D eigenvalue weighted by Crippen LogP contribution is 2.41. The molecule has 6 rings (SSSR count). The molecule has 3 fully saturated rings. The average molecular weight is 356 g/mol. The summed E-state index contributed by atoms with van der Waals surface area (Å²) in [6.07, 6.45) is 5.61. The molecule has 2 aliphatic heterocycles. The van der Waals surface area contributed by atoms with Gasteiger partial charge in [0.15, 0.2) is 5.13 Å². The summed E-state index contributed by atoms with van der Waals surface area (Å²) in [7, 11) is 0. The molecular formula is C18H20N4O2S. The molecule has 2 saturated carbocycles. The maximum atomic E-state index is 12.7. The minimum atomic E-state index is 0.00393. The first-order chi connectivity index (χ1) is 12.3. The van der Waals surface area contributed by atoms with Crippen LogP contribution in [0.4, 0.5) is 9.93 Å². The van der Waals surface area contributed by atoms with E-state index in [2.05, 4.69) is 16.7 Å². The highest BCUT2D eigenvalue weighted by Gasteiger charge is 2.50. The van der Waals surface area contributed by atoms with E-state index in [4.69, 9.17) is 9.72 Å². The van der Waals surface area contributed by atoms with E-state index in [1.807, 2.05) is 11.0 Å². The van der Waals surface area contributed by atoms with Crippen LogP contribution in [0.15, 0.2) is 12.1 Å². The molecule has 3 atom stereocenters. The standard InChI is InChI=1S/C18H20N4O2S/c23-17-20-16-11(19-9-1-2-9)3-4-12(16)22(17)18-21-15-10-7-8-24-13(10)5-6-14(15)25-18/h5-6,9,11-12,16,19H,1-4,7-8H2,(H,20,23)/t11-,12+,16-/m0/s1. The summed E-state index contributed by atoms with van der Waals surface area (Å²) in [6, 6.07) is 5.59. The smallest absolute Gasteiger partial charge is 0.324 e. The lowest BCUT2D eigenvalue weighted by Gasteiger charge is -2.20. The quantitative estimate of drug-likeness (QED) is 0.886.